The molecule has 2 aromatic rings. The van der Waals surface area contributed by atoms with Crippen LogP contribution in [0.4, 0.5) is 10.5 Å². The Balaban J connectivity index is 1.17. The number of nitrogens with zero attached hydrogens (tertiary/aromatic N) is 3. The summed E-state index contributed by atoms with van der Waals surface area (Å²) in [6.07, 6.45) is 3.67. The minimum absolute atomic E-state index is 0.0179. The minimum Gasteiger partial charge on any atom is -0.457 e. The number of carbonyl (C=O) groups is 3. The Bertz CT molecular complexity index is 1670. The van der Waals surface area contributed by atoms with Gasteiger partial charge in [-0.3, -0.25) is 14.5 Å². The summed E-state index contributed by atoms with van der Waals surface area (Å²) >= 11 is 1.45. The molecule has 4 atom stereocenters. The van der Waals surface area contributed by atoms with E-state index in [1.54, 1.807) is 18.7 Å². The van der Waals surface area contributed by atoms with Crippen molar-refractivity contribution < 1.29 is 23.9 Å². The lowest BCUT2D eigenvalue weighted by Gasteiger charge is -2.46. The van der Waals surface area contributed by atoms with E-state index in [1.165, 1.54) is 24.9 Å². The van der Waals surface area contributed by atoms with Crippen LogP contribution in [0.2, 0.25) is 0 Å². The van der Waals surface area contributed by atoms with Crippen molar-refractivity contribution in [2.24, 2.45) is 5.92 Å². The first kappa shape index (κ1) is 32.6. The van der Waals surface area contributed by atoms with E-state index in [0.717, 1.165) is 23.4 Å². The number of nitriles is 1. The second-order valence-electron chi connectivity index (χ2n) is 12.8. The number of hydrogen-bond donors (Lipinski definition) is 3. The Morgan fingerprint density at radius 3 is 2.66 bits per heavy atom. The predicted molar refractivity (Wildman–Crippen MR) is 180 cm³/mol. The van der Waals surface area contributed by atoms with E-state index >= 15 is 0 Å². The topological polar surface area (TPSA) is 136 Å². The fraction of sp³-hybridized carbons (Fsp3) is 0.429. The molecule has 3 N–H and O–H groups in total. The number of nitrogens with one attached hydrogen (secondary N) is 3. The van der Waals surface area contributed by atoms with E-state index in [9.17, 15) is 19.6 Å². The molecule has 0 saturated carbocycles. The van der Waals surface area contributed by atoms with Gasteiger partial charge in [0.25, 0.3) is 11.8 Å². The van der Waals surface area contributed by atoms with Crippen LogP contribution < -0.4 is 25.6 Å². The van der Waals surface area contributed by atoms with Gasteiger partial charge >= 0.3 is 6.03 Å². The zero-order valence-electron chi connectivity index (χ0n) is 27.0. The molecule has 0 aliphatic carbocycles. The van der Waals surface area contributed by atoms with E-state index in [0.29, 0.717) is 48.8 Å². The van der Waals surface area contributed by atoms with Crippen molar-refractivity contribution in [1.29, 1.82) is 5.26 Å². The van der Waals surface area contributed by atoms with E-state index in [1.807, 2.05) is 66.4 Å². The van der Waals surface area contributed by atoms with Gasteiger partial charge in [-0.2, -0.15) is 5.26 Å². The van der Waals surface area contributed by atoms with Gasteiger partial charge in [0.2, 0.25) is 0 Å². The van der Waals surface area contributed by atoms with Crippen LogP contribution in [0, 0.1) is 24.2 Å². The Kier molecular flexibility index (Phi) is 9.32. The summed E-state index contributed by atoms with van der Waals surface area (Å²) in [4.78, 5) is 44.7. The minimum atomic E-state index is -0.765. The number of rotatable bonds is 8. The average Bonchev–Trinajstić information content (AvgIpc) is 3.44. The molecule has 11 nitrogen and oxygen atoms in total. The van der Waals surface area contributed by atoms with Gasteiger partial charge < -0.3 is 30.3 Å². The maximum atomic E-state index is 13.8. The molecule has 3 fully saturated rings. The fourth-order valence-electron chi connectivity index (χ4n) is 6.74. The van der Waals surface area contributed by atoms with Gasteiger partial charge in [-0.1, -0.05) is 30.0 Å². The second-order valence-corrected chi connectivity index (χ2v) is 14.0. The maximum absolute atomic E-state index is 13.8. The summed E-state index contributed by atoms with van der Waals surface area (Å²) in [5.74, 6) is 0.701. The zero-order chi connectivity index (χ0) is 33.3. The van der Waals surface area contributed by atoms with Crippen molar-refractivity contribution in [1.82, 2.24) is 20.9 Å². The highest BCUT2D eigenvalue weighted by molar-refractivity contribution is 8.04. The Morgan fingerprint density at radius 1 is 1.15 bits per heavy atom. The normalized spacial score (nSPS) is 24.3. The number of carbonyl (C=O) groups excluding carboxylic acids is 3. The molecule has 0 spiro atoms. The van der Waals surface area contributed by atoms with Crippen LogP contribution in [0.15, 0.2) is 70.8 Å². The molecule has 0 bridgehead atoms. The van der Waals surface area contributed by atoms with Crippen LogP contribution in [0.3, 0.4) is 0 Å². The van der Waals surface area contributed by atoms with E-state index in [4.69, 9.17) is 9.47 Å². The van der Waals surface area contributed by atoms with Crippen molar-refractivity contribution in [3.8, 4) is 17.6 Å². The molecule has 6 rings (SSSR count). The number of ether oxygens (including phenoxy) is 2. The van der Waals surface area contributed by atoms with Gasteiger partial charge in [-0.05, 0) is 88.5 Å². The molecule has 0 radical (unpaired) electrons. The summed E-state index contributed by atoms with van der Waals surface area (Å²) in [5.41, 5.74) is 1.62. The number of urea groups is 1. The predicted octanol–water partition coefficient (Wildman–Crippen LogP) is 4.56. The van der Waals surface area contributed by atoms with E-state index in [2.05, 4.69) is 16.0 Å². The lowest BCUT2D eigenvalue weighted by molar-refractivity contribution is -0.129. The number of likely N-dealkylation sites (tertiary alicyclic amines) is 1. The average molecular weight is 657 g/mol. The van der Waals surface area contributed by atoms with E-state index in [-0.39, 0.29) is 46.8 Å². The third-order valence-corrected chi connectivity index (χ3v) is 10.5. The fourth-order valence-corrected chi connectivity index (χ4v) is 8.14. The molecule has 4 aliphatic heterocycles. The maximum Gasteiger partial charge on any atom is 0.326 e. The Labute approximate surface area is 279 Å². The third-order valence-electron chi connectivity index (χ3n) is 9.17. The quantitative estimate of drug-likeness (QED) is 0.278. The molecule has 0 aromatic heterocycles. The standard InChI is InChI=1S/C35H40N6O5S/c1-21-17-25(46-24-10-6-5-7-11-24)12-13-26(21)41-27-14-15-37-32-28(27)29(39-34(41)44)30(47-32)31(42)38-23-9-8-16-40(20-23)33(43)22(19-36)18-35(2,3)45-4/h5-7,10-13,17-18,23,27-28,32,37H,8-9,14-16,20H2,1-4H3,(H,38,42)(H,39,44)/b22-18+/t23-,27?,28?,32?/m1/s1. The molecular formula is C35H40N6O5S. The van der Waals surface area contributed by atoms with Crippen LogP contribution >= 0.6 is 11.8 Å². The van der Waals surface area contributed by atoms with Crippen molar-refractivity contribution in [3.63, 3.8) is 0 Å². The molecule has 4 heterocycles. The van der Waals surface area contributed by atoms with Crippen LogP contribution in [0.1, 0.15) is 38.7 Å². The number of para-hydroxylation sites is 1. The summed E-state index contributed by atoms with van der Waals surface area (Å²) in [7, 11) is 1.53. The Hall–Kier alpha value is -4.31. The highest BCUT2D eigenvalue weighted by atomic mass is 32.2. The highest BCUT2D eigenvalue weighted by Gasteiger charge is 2.52. The highest BCUT2D eigenvalue weighted by Crippen LogP contribution is 2.48. The number of hydrogen-bond acceptors (Lipinski definition) is 8. The first-order valence-electron chi connectivity index (χ1n) is 15.9. The molecule has 3 saturated heterocycles. The number of benzene rings is 2. The van der Waals surface area contributed by atoms with Crippen LogP contribution in [-0.4, -0.2) is 72.5 Å². The van der Waals surface area contributed by atoms with Crippen molar-refractivity contribution in [3.05, 3.63) is 76.3 Å². The van der Waals surface area contributed by atoms with Crippen LogP contribution in [-0.2, 0) is 14.3 Å². The summed E-state index contributed by atoms with van der Waals surface area (Å²) in [6.45, 7) is 7.04. The summed E-state index contributed by atoms with van der Waals surface area (Å²) in [5, 5.41) is 19.3. The second kappa shape index (κ2) is 13.4. The van der Waals surface area contributed by atoms with Gasteiger partial charge in [0.15, 0.2) is 0 Å². The molecule has 3 unspecified atom stereocenters. The zero-order valence-corrected chi connectivity index (χ0v) is 27.9. The molecule has 12 heteroatoms. The molecule has 246 valence electrons. The number of piperidine rings is 2. The van der Waals surface area contributed by atoms with Crippen LogP contribution in [0.25, 0.3) is 0 Å². The van der Waals surface area contributed by atoms with Crippen molar-refractivity contribution in [2.45, 2.75) is 63.1 Å². The molecule has 2 aromatic carbocycles. The number of amides is 4. The van der Waals surface area contributed by atoms with E-state index < -0.39 is 5.60 Å². The van der Waals surface area contributed by atoms with Crippen molar-refractivity contribution >= 4 is 35.3 Å². The van der Waals surface area contributed by atoms with Crippen molar-refractivity contribution in [2.75, 3.05) is 31.6 Å². The van der Waals surface area contributed by atoms with Gasteiger partial charge in [0.05, 0.1) is 21.9 Å². The smallest absolute Gasteiger partial charge is 0.326 e. The molecular weight excluding hydrogens is 616 g/mol. The Morgan fingerprint density at radius 2 is 1.94 bits per heavy atom. The first-order chi connectivity index (χ1) is 22.6. The summed E-state index contributed by atoms with van der Waals surface area (Å²) in [6, 6.07) is 16.6. The van der Waals surface area contributed by atoms with Gasteiger partial charge in [-0.15, -0.1) is 0 Å². The molecule has 4 amide bonds. The van der Waals surface area contributed by atoms with Crippen LogP contribution in [0.5, 0.6) is 11.5 Å². The lowest BCUT2D eigenvalue weighted by Crippen LogP contribution is -2.62. The number of methoxy groups -OCH3 is 1. The monoisotopic (exact) mass is 656 g/mol. The third kappa shape index (κ3) is 6.74. The number of thioether (sulfide) groups is 1. The van der Waals surface area contributed by atoms with Gasteiger partial charge in [0.1, 0.15) is 23.1 Å². The number of aryl methyl sites for hydroxylation is 1. The molecule has 4 aliphatic rings. The summed E-state index contributed by atoms with van der Waals surface area (Å²) < 4.78 is 11.4. The largest absolute Gasteiger partial charge is 0.457 e. The number of anilines is 1. The first-order valence-corrected chi connectivity index (χ1v) is 16.8. The van der Waals surface area contributed by atoms with Gasteiger partial charge in [-0.25, -0.2) is 4.79 Å². The SMILES string of the molecule is COC(C)(C)/C=C(\C#N)C(=O)N1CCC[C@@H](NC(=O)C2=C3NC(=O)N(c4ccc(Oc5ccccc5)cc4C)C4CCNC(S2)C34)C1. The molecule has 47 heavy (non-hydrogen) atoms. The lowest BCUT2D eigenvalue weighted by atomic mass is 9.86. The van der Waals surface area contributed by atoms with Gasteiger partial charge in [0, 0.05) is 43.5 Å².